The van der Waals surface area contributed by atoms with Crippen LogP contribution < -0.4 is 6.15 Å². The van der Waals surface area contributed by atoms with Crippen LogP contribution in [0.3, 0.4) is 0 Å². The summed E-state index contributed by atoms with van der Waals surface area (Å²) in [6.45, 7) is 11.7. The van der Waals surface area contributed by atoms with Gasteiger partial charge in [0.25, 0.3) is 0 Å². The number of hydrogen-bond donors (Lipinski definition) is 1. The second-order valence-corrected chi connectivity index (χ2v) is 3.93. The van der Waals surface area contributed by atoms with E-state index in [1.807, 2.05) is 0 Å². The molecule has 0 spiro atoms. The maximum atomic E-state index is 2.29. The van der Waals surface area contributed by atoms with Crippen LogP contribution in [0.15, 0.2) is 30.3 Å². The van der Waals surface area contributed by atoms with Crippen LogP contribution in [0.25, 0.3) is 0 Å². The summed E-state index contributed by atoms with van der Waals surface area (Å²) in [5, 5.41) is 0. The molecule has 0 unspecified atom stereocenters. The van der Waals surface area contributed by atoms with E-state index in [0.29, 0.717) is 0 Å². The molecule has 2 heteroatoms. The Morgan fingerprint density at radius 3 is 1.73 bits per heavy atom. The van der Waals surface area contributed by atoms with Gasteiger partial charge >= 0.3 is 0 Å². The smallest absolute Gasteiger partial charge is 0.104 e. The molecule has 15 heavy (non-hydrogen) atoms. The number of quaternary nitrogens is 1. The van der Waals surface area contributed by atoms with E-state index in [4.69, 9.17) is 0 Å². The molecule has 3 N–H and O–H groups in total. The standard InChI is InChI=1S/C13H22N.H3N/c1-4-14(5-2,6-3)12-13-10-8-7-9-11-13;/h7-11H,4-6,12H2,1-3H3;1H3/q+1;. The molecular formula is C13H25N2+. The van der Waals surface area contributed by atoms with Crippen molar-refractivity contribution in [2.24, 2.45) is 0 Å². The first-order valence-corrected chi connectivity index (χ1v) is 5.65. The molecular weight excluding hydrogens is 184 g/mol. The first kappa shape index (κ1) is 14.1. The largest absolute Gasteiger partial charge is 0.344 e. The summed E-state index contributed by atoms with van der Waals surface area (Å²) >= 11 is 0. The third-order valence-electron chi connectivity index (χ3n) is 3.37. The third kappa shape index (κ3) is 3.65. The molecule has 1 aromatic rings. The van der Waals surface area contributed by atoms with Crippen molar-refractivity contribution in [1.82, 2.24) is 6.15 Å². The summed E-state index contributed by atoms with van der Waals surface area (Å²) in [4.78, 5) is 0. The lowest BCUT2D eigenvalue weighted by atomic mass is 10.2. The minimum absolute atomic E-state index is 0. The molecule has 0 heterocycles. The van der Waals surface area contributed by atoms with E-state index in [-0.39, 0.29) is 6.15 Å². The van der Waals surface area contributed by atoms with Gasteiger partial charge in [-0.3, -0.25) is 0 Å². The van der Waals surface area contributed by atoms with Crippen LogP contribution in [0.2, 0.25) is 0 Å². The maximum Gasteiger partial charge on any atom is 0.104 e. The second-order valence-electron chi connectivity index (χ2n) is 3.93. The lowest BCUT2D eigenvalue weighted by molar-refractivity contribution is -0.936. The Morgan fingerprint density at radius 1 is 0.867 bits per heavy atom. The SMILES string of the molecule is CC[N+](CC)(CC)Cc1ccccc1.N. The molecule has 0 aliphatic rings. The van der Waals surface area contributed by atoms with Crippen LogP contribution in [0.5, 0.6) is 0 Å². The maximum absolute atomic E-state index is 2.29. The van der Waals surface area contributed by atoms with Crippen LogP contribution >= 0.6 is 0 Å². The van der Waals surface area contributed by atoms with Gasteiger partial charge in [-0.1, -0.05) is 30.3 Å². The van der Waals surface area contributed by atoms with Gasteiger partial charge in [0, 0.05) is 5.56 Å². The fourth-order valence-electron chi connectivity index (χ4n) is 1.98. The lowest BCUT2D eigenvalue weighted by Gasteiger charge is -2.35. The van der Waals surface area contributed by atoms with Crippen molar-refractivity contribution in [3.8, 4) is 0 Å². The zero-order chi connectivity index (χ0) is 10.4. The molecule has 0 aromatic heterocycles. The van der Waals surface area contributed by atoms with Crippen molar-refractivity contribution in [3.63, 3.8) is 0 Å². The predicted octanol–water partition coefficient (Wildman–Crippen LogP) is 3.23. The van der Waals surface area contributed by atoms with Gasteiger partial charge < -0.3 is 10.6 Å². The van der Waals surface area contributed by atoms with Crippen LogP contribution in [0.4, 0.5) is 0 Å². The summed E-state index contributed by atoms with van der Waals surface area (Å²) < 4.78 is 1.20. The molecule has 0 saturated heterocycles. The number of benzene rings is 1. The van der Waals surface area contributed by atoms with E-state index in [1.54, 1.807) is 0 Å². The van der Waals surface area contributed by atoms with Crippen molar-refractivity contribution in [1.29, 1.82) is 0 Å². The normalized spacial score (nSPS) is 10.9. The van der Waals surface area contributed by atoms with Crippen LogP contribution in [0.1, 0.15) is 26.3 Å². The van der Waals surface area contributed by atoms with Gasteiger partial charge in [0.1, 0.15) is 6.54 Å². The zero-order valence-corrected chi connectivity index (χ0v) is 10.4. The average Bonchev–Trinajstić information content (AvgIpc) is 2.28. The monoisotopic (exact) mass is 209 g/mol. The summed E-state index contributed by atoms with van der Waals surface area (Å²) in [6, 6.07) is 10.8. The van der Waals surface area contributed by atoms with Crippen LogP contribution in [-0.2, 0) is 6.54 Å². The van der Waals surface area contributed by atoms with Gasteiger partial charge in [-0.15, -0.1) is 0 Å². The summed E-state index contributed by atoms with van der Waals surface area (Å²) in [6.07, 6.45) is 0. The molecule has 2 nitrogen and oxygen atoms in total. The average molecular weight is 209 g/mol. The Kier molecular flexibility index (Phi) is 6.21. The Bertz CT molecular complexity index is 244. The molecule has 0 saturated carbocycles. The van der Waals surface area contributed by atoms with Crippen molar-refractivity contribution >= 4 is 0 Å². The quantitative estimate of drug-likeness (QED) is 0.742. The fraction of sp³-hybridized carbons (Fsp3) is 0.538. The van der Waals surface area contributed by atoms with Crippen LogP contribution in [-0.4, -0.2) is 24.1 Å². The summed E-state index contributed by atoms with van der Waals surface area (Å²) in [5.74, 6) is 0. The van der Waals surface area contributed by atoms with E-state index in [1.165, 1.54) is 36.2 Å². The molecule has 0 aliphatic carbocycles. The van der Waals surface area contributed by atoms with Gasteiger partial charge in [0.05, 0.1) is 19.6 Å². The molecule has 0 bridgehead atoms. The van der Waals surface area contributed by atoms with E-state index >= 15 is 0 Å². The third-order valence-corrected chi connectivity index (χ3v) is 3.37. The van der Waals surface area contributed by atoms with Gasteiger partial charge in [0.15, 0.2) is 0 Å². The number of nitrogens with zero attached hydrogens (tertiary/aromatic N) is 1. The summed E-state index contributed by atoms with van der Waals surface area (Å²) in [7, 11) is 0. The van der Waals surface area contributed by atoms with Crippen molar-refractivity contribution < 1.29 is 4.48 Å². The molecule has 1 aromatic carbocycles. The highest BCUT2D eigenvalue weighted by molar-refractivity contribution is 5.13. The van der Waals surface area contributed by atoms with E-state index in [9.17, 15) is 0 Å². The molecule has 0 fully saturated rings. The zero-order valence-electron chi connectivity index (χ0n) is 10.4. The Labute approximate surface area is 94.1 Å². The molecule has 0 radical (unpaired) electrons. The van der Waals surface area contributed by atoms with Crippen molar-refractivity contribution in [2.45, 2.75) is 27.3 Å². The van der Waals surface area contributed by atoms with E-state index < -0.39 is 0 Å². The Hall–Kier alpha value is -0.860. The lowest BCUT2D eigenvalue weighted by Crippen LogP contribution is -2.46. The predicted molar refractivity (Wildman–Crippen MR) is 67.1 cm³/mol. The van der Waals surface area contributed by atoms with E-state index in [0.717, 1.165) is 0 Å². The van der Waals surface area contributed by atoms with Crippen LogP contribution in [0, 0.1) is 0 Å². The molecule has 86 valence electrons. The highest BCUT2D eigenvalue weighted by atomic mass is 15.3. The topological polar surface area (TPSA) is 35.0 Å². The van der Waals surface area contributed by atoms with Crippen molar-refractivity contribution in [3.05, 3.63) is 35.9 Å². The number of hydrogen-bond acceptors (Lipinski definition) is 1. The minimum atomic E-state index is 0. The van der Waals surface area contributed by atoms with Crippen molar-refractivity contribution in [2.75, 3.05) is 19.6 Å². The second kappa shape index (κ2) is 6.59. The Morgan fingerprint density at radius 2 is 1.33 bits per heavy atom. The number of rotatable bonds is 5. The highest BCUT2D eigenvalue weighted by Gasteiger charge is 2.20. The molecule has 0 atom stereocenters. The first-order valence-electron chi connectivity index (χ1n) is 5.65. The Balaban J connectivity index is 0.00000196. The summed E-state index contributed by atoms with van der Waals surface area (Å²) in [5.41, 5.74) is 1.46. The van der Waals surface area contributed by atoms with Gasteiger partial charge in [0.2, 0.25) is 0 Å². The molecule has 0 aliphatic heterocycles. The van der Waals surface area contributed by atoms with E-state index in [2.05, 4.69) is 51.1 Å². The highest BCUT2D eigenvalue weighted by Crippen LogP contribution is 2.13. The fourth-order valence-corrected chi connectivity index (χ4v) is 1.98. The first-order chi connectivity index (χ1) is 6.76. The molecule has 0 amide bonds. The van der Waals surface area contributed by atoms with Gasteiger partial charge in [-0.25, -0.2) is 0 Å². The van der Waals surface area contributed by atoms with Gasteiger partial charge in [-0.2, -0.15) is 0 Å². The molecule has 1 rings (SSSR count). The minimum Gasteiger partial charge on any atom is -0.344 e. The van der Waals surface area contributed by atoms with Gasteiger partial charge in [-0.05, 0) is 20.8 Å².